The molecule has 1 aromatic heterocycles. The van der Waals surface area contributed by atoms with Crippen LogP contribution in [0.1, 0.15) is 17.5 Å². The first-order valence-electron chi connectivity index (χ1n) is 8.34. The van der Waals surface area contributed by atoms with Crippen molar-refractivity contribution >= 4 is 6.09 Å². The smallest absolute Gasteiger partial charge is 0.407 e. The summed E-state index contributed by atoms with van der Waals surface area (Å²) in [6.07, 6.45) is 1.85. The lowest BCUT2D eigenvalue weighted by Gasteiger charge is -2.05. The summed E-state index contributed by atoms with van der Waals surface area (Å²) in [5.74, 6) is 6.13. The van der Waals surface area contributed by atoms with Gasteiger partial charge in [-0.1, -0.05) is 54.3 Å². The molecule has 0 unspecified atom stereocenters. The Morgan fingerprint density at radius 1 is 1.08 bits per heavy atom. The van der Waals surface area contributed by atoms with Crippen LogP contribution in [0.15, 0.2) is 66.9 Å². The molecule has 2 N–H and O–H groups in total. The van der Waals surface area contributed by atoms with Crippen molar-refractivity contribution in [1.29, 1.82) is 0 Å². The Kier molecular flexibility index (Phi) is 6.05. The first kappa shape index (κ1) is 17.3. The number of carbonyl (C=O) groups excluding carboxylic acids is 1. The van der Waals surface area contributed by atoms with E-state index < -0.39 is 6.09 Å². The summed E-state index contributed by atoms with van der Waals surface area (Å²) >= 11 is 0. The van der Waals surface area contributed by atoms with Gasteiger partial charge in [0, 0.05) is 24.7 Å². The topological polar surface area (TPSA) is 67.0 Å². The molecule has 0 saturated carbocycles. The molecule has 1 heterocycles. The maximum atomic E-state index is 11.6. The third-order valence-corrected chi connectivity index (χ3v) is 3.66. The van der Waals surface area contributed by atoms with E-state index >= 15 is 0 Å². The van der Waals surface area contributed by atoms with Gasteiger partial charge in [0.25, 0.3) is 0 Å². The molecule has 26 heavy (non-hydrogen) atoms. The molecular formula is C21H19N3O2. The molecule has 3 rings (SSSR count). The van der Waals surface area contributed by atoms with Gasteiger partial charge < -0.3 is 10.1 Å². The fraction of sp³-hybridized carbons (Fsp3) is 0.143. The highest BCUT2D eigenvalue weighted by Gasteiger charge is 2.01. The third kappa shape index (κ3) is 5.25. The second kappa shape index (κ2) is 9.09. The van der Waals surface area contributed by atoms with Crippen molar-refractivity contribution in [3.63, 3.8) is 0 Å². The molecule has 2 aromatic carbocycles. The summed E-state index contributed by atoms with van der Waals surface area (Å²) in [5.41, 5.74) is 3.93. The highest BCUT2D eigenvalue weighted by molar-refractivity contribution is 5.67. The zero-order chi connectivity index (χ0) is 18.0. The van der Waals surface area contributed by atoms with E-state index in [2.05, 4.69) is 27.4 Å². The molecule has 5 nitrogen and oxygen atoms in total. The number of hydrogen-bond donors (Lipinski definition) is 2. The fourth-order valence-electron chi connectivity index (χ4n) is 2.32. The van der Waals surface area contributed by atoms with E-state index in [9.17, 15) is 4.79 Å². The lowest BCUT2D eigenvalue weighted by Crippen LogP contribution is -2.24. The van der Waals surface area contributed by atoms with Crippen LogP contribution >= 0.6 is 0 Å². The van der Waals surface area contributed by atoms with Crippen molar-refractivity contribution in [2.45, 2.75) is 13.0 Å². The Morgan fingerprint density at radius 3 is 2.62 bits per heavy atom. The number of ether oxygens (including phenoxy) is 1. The van der Waals surface area contributed by atoms with E-state index in [-0.39, 0.29) is 6.61 Å². The lowest BCUT2D eigenvalue weighted by molar-refractivity contribution is 0.140. The number of aromatic amines is 1. The number of nitrogens with one attached hydrogen (secondary N) is 2. The zero-order valence-electron chi connectivity index (χ0n) is 14.2. The van der Waals surface area contributed by atoms with Gasteiger partial charge in [-0.25, -0.2) is 4.79 Å². The minimum atomic E-state index is -0.431. The van der Waals surface area contributed by atoms with Gasteiger partial charge in [0.05, 0.1) is 5.69 Å². The summed E-state index contributed by atoms with van der Waals surface area (Å²) < 4.78 is 5.14. The maximum Gasteiger partial charge on any atom is 0.407 e. The highest BCUT2D eigenvalue weighted by Crippen LogP contribution is 2.16. The second-order valence-corrected chi connectivity index (χ2v) is 5.59. The van der Waals surface area contributed by atoms with Gasteiger partial charge in [-0.2, -0.15) is 5.10 Å². The van der Waals surface area contributed by atoms with Crippen molar-refractivity contribution in [1.82, 2.24) is 15.5 Å². The lowest BCUT2D eigenvalue weighted by atomic mass is 10.1. The molecule has 0 bridgehead atoms. The van der Waals surface area contributed by atoms with Crippen LogP contribution in [0.2, 0.25) is 0 Å². The summed E-state index contributed by atoms with van der Waals surface area (Å²) in [6, 6.07) is 19.4. The average molecular weight is 345 g/mol. The summed E-state index contributed by atoms with van der Waals surface area (Å²) in [6.45, 7) is 0.716. The minimum Gasteiger partial charge on any atom is -0.445 e. The van der Waals surface area contributed by atoms with Gasteiger partial charge in [-0.15, -0.1) is 0 Å². The van der Waals surface area contributed by atoms with Crippen LogP contribution in [0.4, 0.5) is 4.79 Å². The number of nitrogens with zero attached hydrogens (tertiary/aromatic N) is 1. The van der Waals surface area contributed by atoms with Crippen molar-refractivity contribution in [3.8, 4) is 23.1 Å². The van der Waals surface area contributed by atoms with Gasteiger partial charge in [0.1, 0.15) is 6.61 Å². The van der Waals surface area contributed by atoms with E-state index in [1.54, 1.807) is 6.20 Å². The Morgan fingerprint density at radius 2 is 1.88 bits per heavy atom. The largest absolute Gasteiger partial charge is 0.445 e. The van der Waals surface area contributed by atoms with Crippen LogP contribution in [-0.4, -0.2) is 22.8 Å². The molecular weight excluding hydrogens is 326 g/mol. The number of rotatable bonds is 5. The van der Waals surface area contributed by atoms with Crippen LogP contribution in [0, 0.1) is 11.8 Å². The van der Waals surface area contributed by atoms with Crippen LogP contribution in [-0.2, 0) is 11.3 Å². The maximum absolute atomic E-state index is 11.6. The predicted molar refractivity (Wildman–Crippen MR) is 100 cm³/mol. The minimum absolute atomic E-state index is 0.265. The number of benzene rings is 2. The van der Waals surface area contributed by atoms with Crippen molar-refractivity contribution in [2.24, 2.45) is 0 Å². The SMILES string of the molecule is O=C(NCCC#Cc1ccc(-c2ccn[nH]2)cc1)OCc1ccccc1. The van der Waals surface area contributed by atoms with Crippen LogP contribution in [0.3, 0.4) is 0 Å². The summed E-state index contributed by atoms with van der Waals surface area (Å²) in [5, 5.41) is 9.56. The summed E-state index contributed by atoms with van der Waals surface area (Å²) in [7, 11) is 0. The second-order valence-electron chi connectivity index (χ2n) is 5.59. The molecule has 0 saturated heterocycles. The highest BCUT2D eigenvalue weighted by atomic mass is 16.5. The van der Waals surface area contributed by atoms with E-state index in [1.165, 1.54) is 0 Å². The summed E-state index contributed by atoms with van der Waals surface area (Å²) in [4.78, 5) is 11.6. The van der Waals surface area contributed by atoms with Crippen molar-refractivity contribution < 1.29 is 9.53 Å². The molecule has 0 atom stereocenters. The third-order valence-electron chi connectivity index (χ3n) is 3.66. The predicted octanol–water partition coefficient (Wildman–Crippen LogP) is 3.74. The van der Waals surface area contributed by atoms with E-state index in [4.69, 9.17) is 4.74 Å². The van der Waals surface area contributed by atoms with Gasteiger partial charge in [-0.05, 0) is 29.3 Å². The molecule has 0 radical (unpaired) electrons. The number of hydrogen-bond acceptors (Lipinski definition) is 3. The zero-order valence-corrected chi connectivity index (χ0v) is 14.2. The number of carbonyl (C=O) groups is 1. The fourth-order valence-corrected chi connectivity index (χ4v) is 2.32. The molecule has 130 valence electrons. The first-order chi connectivity index (χ1) is 12.8. The average Bonchev–Trinajstić information content (AvgIpc) is 3.22. The van der Waals surface area contributed by atoms with Gasteiger partial charge in [0.2, 0.25) is 0 Å². The van der Waals surface area contributed by atoms with Crippen LogP contribution in [0.5, 0.6) is 0 Å². The molecule has 0 aliphatic heterocycles. The van der Waals surface area contributed by atoms with E-state index in [0.717, 1.165) is 22.4 Å². The number of alkyl carbamates (subject to hydrolysis) is 1. The number of amides is 1. The van der Waals surface area contributed by atoms with Crippen LogP contribution < -0.4 is 5.32 Å². The van der Waals surface area contributed by atoms with E-state index in [0.29, 0.717) is 13.0 Å². The monoisotopic (exact) mass is 345 g/mol. The van der Waals surface area contributed by atoms with E-state index in [1.807, 2.05) is 60.7 Å². The molecule has 1 amide bonds. The normalized spacial score (nSPS) is 9.85. The molecule has 3 aromatic rings. The Bertz CT molecular complexity index is 877. The Labute approximate surface area is 152 Å². The standard InChI is InChI=1S/C21H19N3O2/c25-21(26-16-18-7-2-1-3-8-18)22-14-5-4-6-17-9-11-19(12-10-17)20-13-15-23-24-20/h1-3,7-13,15H,5,14,16H2,(H,22,25)(H,23,24). The quantitative estimate of drug-likeness (QED) is 0.547. The molecule has 0 spiro atoms. The Hall–Kier alpha value is -3.52. The number of aromatic nitrogens is 2. The van der Waals surface area contributed by atoms with Crippen molar-refractivity contribution in [3.05, 3.63) is 78.0 Å². The van der Waals surface area contributed by atoms with Gasteiger partial charge >= 0.3 is 6.09 Å². The molecule has 0 aliphatic carbocycles. The molecule has 0 aliphatic rings. The Balaban J connectivity index is 1.38. The van der Waals surface area contributed by atoms with Crippen molar-refractivity contribution in [2.75, 3.05) is 6.54 Å². The molecule has 0 fully saturated rings. The molecule has 5 heteroatoms. The van der Waals surface area contributed by atoms with Gasteiger partial charge in [0.15, 0.2) is 0 Å². The first-order valence-corrected chi connectivity index (χ1v) is 8.34. The number of H-pyrrole nitrogens is 1. The van der Waals surface area contributed by atoms with Crippen LogP contribution in [0.25, 0.3) is 11.3 Å². The van der Waals surface area contributed by atoms with Gasteiger partial charge in [-0.3, -0.25) is 5.10 Å².